The molecule has 0 N–H and O–H groups in total. The van der Waals surface area contributed by atoms with Crippen molar-refractivity contribution in [3.63, 3.8) is 0 Å². The summed E-state index contributed by atoms with van der Waals surface area (Å²) in [4.78, 5) is 11.8. The zero-order valence-electron chi connectivity index (χ0n) is 16.0. The summed E-state index contributed by atoms with van der Waals surface area (Å²) in [6.45, 7) is 6.31. The molecule has 0 radical (unpaired) electrons. The van der Waals surface area contributed by atoms with E-state index in [9.17, 15) is 4.79 Å². The van der Waals surface area contributed by atoms with Gasteiger partial charge in [0.05, 0.1) is 24.0 Å². The molecule has 0 atom stereocenters. The number of hydrogen-bond acceptors (Lipinski definition) is 5. The second-order valence-corrected chi connectivity index (χ2v) is 6.78. The van der Waals surface area contributed by atoms with Gasteiger partial charge in [0.2, 0.25) is 0 Å². The van der Waals surface area contributed by atoms with Crippen molar-refractivity contribution in [2.75, 3.05) is 6.61 Å². The molecule has 0 aliphatic heterocycles. The Morgan fingerprint density at radius 2 is 1.77 bits per heavy atom. The standard InChI is InChI=1S/C21H29NO4/c1-16(2)25-21(23)18-10-12-19(13-11-18)24-14-8-6-4-5-7-9-20-15-17(3)22-26-20/h10-13,15-16H,4-9,14H2,1-3H3. The molecular weight excluding hydrogens is 330 g/mol. The van der Waals surface area contributed by atoms with Crippen molar-refractivity contribution in [1.29, 1.82) is 0 Å². The lowest BCUT2D eigenvalue weighted by atomic mass is 10.1. The maximum absolute atomic E-state index is 11.8. The Morgan fingerprint density at radius 3 is 2.42 bits per heavy atom. The molecule has 5 heteroatoms. The molecule has 1 aromatic heterocycles. The normalized spacial score (nSPS) is 10.9. The third-order valence-electron chi connectivity index (χ3n) is 3.95. The Kier molecular flexibility index (Phi) is 8.19. The van der Waals surface area contributed by atoms with E-state index < -0.39 is 0 Å². The van der Waals surface area contributed by atoms with Crippen molar-refractivity contribution >= 4 is 5.97 Å². The van der Waals surface area contributed by atoms with Crippen LogP contribution in [0.1, 0.15) is 67.8 Å². The van der Waals surface area contributed by atoms with E-state index in [2.05, 4.69) is 5.16 Å². The zero-order chi connectivity index (χ0) is 18.8. The topological polar surface area (TPSA) is 61.6 Å². The number of aromatic nitrogens is 1. The number of benzene rings is 1. The van der Waals surface area contributed by atoms with Crippen LogP contribution >= 0.6 is 0 Å². The molecule has 2 rings (SSSR count). The van der Waals surface area contributed by atoms with Gasteiger partial charge >= 0.3 is 5.97 Å². The van der Waals surface area contributed by atoms with Gasteiger partial charge in [-0.2, -0.15) is 0 Å². The van der Waals surface area contributed by atoms with E-state index in [-0.39, 0.29) is 12.1 Å². The molecule has 142 valence electrons. The zero-order valence-corrected chi connectivity index (χ0v) is 16.0. The summed E-state index contributed by atoms with van der Waals surface area (Å²) in [5.74, 6) is 1.46. The first-order chi connectivity index (χ1) is 12.5. The smallest absolute Gasteiger partial charge is 0.338 e. The lowest BCUT2D eigenvalue weighted by Gasteiger charge is -2.09. The number of rotatable bonds is 11. The Morgan fingerprint density at radius 1 is 1.08 bits per heavy atom. The van der Waals surface area contributed by atoms with Crippen molar-refractivity contribution in [3.05, 3.63) is 47.3 Å². The fourth-order valence-corrected chi connectivity index (χ4v) is 2.63. The third kappa shape index (κ3) is 7.30. The van der Waals surface area contributed by atoms with Crippen LogP contribution in [0.15, 0.2) is 34.9 Å². The second kappa shape index (κ2) is 10.6. The van der Waals surface area contributed by atoms with Crippen molar-refractivity contribution in [2.24, 2.45) is 0 Å². The fraction of sp³-hybridized carbons (Fsp3) is 0.524. The van der Waals surface area contributed by atoms with E-state index in [4.69, 9.17) is 14.0 Å². The Bertz CT molecular complexity index is 661. The Balaban J connectivity index is 1.53. The summed E-state index contributed by atoms with van der Waals surface area (Å²) in [5, 5.41) is 3.90. The highest BCUT2D eigenvalue weighted by Gasteiger charge is 2.08. The van der Waals surface area contributed by atoms with Gasteiger partial charge in [-0.15, -0.1) is 0 Å². The van der Waals surface area contributed by atoms with Gasteiger partial charge < -0.3 is 14.0 Å². The minimum absolute atomic E-state index is 0.113. The number of unbranched alkanes of at least 4 members (excludes halogenated alkanes) is 4. The molecule has 0 saturated heterocycles. The average Bonchev–Trinajstić information content (AvgIpc) is 3.02. The lowest BCUT2D eigenvalue weighted by Crippen LogP contribution is -2.11. The summed E-state index contributed by atoms with van der Waals surface area (Å²) >= 11 is 0. The van der Waals surface area contributed by atoms with Crippen LogP contribution in [0.3, 0.4) is 0 Å². The Hall–Kier alpha value is -2.30. The van der Waals surface area contributed by atoms with Crippen molar-refractivity contribution in [1.82, 2.24) is 5.16 Å². The summed E-state index contributed by atoms with van der Waals surface area (Å²) in [6, 6.07) is 9.12. The highest BCUT2D eigenvalue weighted by atomic mass is 16.5. The highest BCUT2D eigenvalue weighted by molar-refractivity contribution is 5.89. The second-order valence-electron chi connectivity index (χ2n) is 6.78. The van der Waals surface area contributed by atoms with E-state index in [1.54, 1.807) is 12.1 Å². The van der Waals surface area contributed by atoms with Gasteiger partial charge in [0.25, 0.3) is 0 Å². The van der Waals surface area contributed by atoms with Crippen molar-refractivity contribution < 1.29 is 18.8 Å². The first kappa shape index (κ1) is 20.0. The first-order valence-electron chi connectivity index (χ1n) is 9.40. The maximum atomic E-state index is 11.8. The number of ether oxygens (including phenoxy) is 2. The molecule has 0 fully saturated rings. The monoisotopic (exact) mass is 359 g/mol. The molecule has 2 aromatic rings. The van der Waals surface area contributed by atoms with E-state index in [1.165, 1.54) is 12.8 Å². The average molecular weight is 359 g/mol. The van der Waals surface area contributed by atoms with Gasteiger partial charge in [-0.25, -0.2) is 4.79 Å². The number of aryl methyl sites for hydroxylation is 2. The van der Waals surface area contributed by atoms with Gasteiger partial charge in [0.15, 0.2) is 0 Å². The Labute approximate surface area is 155 Å². The molecule has 1 heterocycles. The minimum atomic E-state index is -0.299. The van der Waals surface area contributed by atoms with Gasteiger partial charge in [-0.1, -0.05) is 24.4 Å². The summed E-state index contributed by atoms with van der Waals surface area (Å²) in [6.07, 6.45) is 6.53. The minimum Gasteiger partial charge on any atom is -0.494 e. The van der Waals surface area contributed by atoms with Crippen LogP contribution in [0.25, 0.3) is 0 Å². The van der Waals surface area contributed by atoms with Crippen LogP contribution in [-0.4, -0.2) is 23.8 Å². The predicted molar refractivity (Wildman–Crippen MR) is 101 cm³/mol. The largest absolute Gasteiger partial charge is 0.494 e. The number of nitrogens with zero attached hydrogens (tertiary/aromatic N) is 1. The molecule has 0 bridgehead atoms. The van der Waals surface area contributed by atoms with Crippen LogP contribution in [0, 0.1) is 6.92 Å². The summed E-state index contributed by atoms with van der Waals surface area (Å²) < 4.78 is 16.1. The lowest BCUT2D eigenvalue weighted by molar-refractivity contribution is 0.0378. The SMILES string of the molecule is Cc1cc(CCCCCCCOc2ccc(C(=O)OC(C)C)cc2)on1. The molecule has 0 unspecified atom stereocenters. The summed E-state index contributed by atoms with van der Waals surface area (Å²) in [5.41, 5.74) is 1.50. The third-order valence-corrected chi connectivity index (χ3v) is 3.95. The summed E-state index contributed by atoms with van der Waals surface area (Å²) in [7, 11) is 0. The van der Waals surface area contributed by atoms with E-state index in [0.717, 1.165) is 42.9 Å². The molecule has 0 saturated carbocycles. The molecule has 5 nitrogen and oxygen atoms in total. The number of hydrogen-bond donors (Lipinski definition) is 0. The van der Waals surface area contributed by atoms with Crippen LogP contribution in [0.4, 0.5) is 0 Å². The van der Waals surface area contributed by atoms with Crippen molar-refractivity contribution in [2.45, 2.75) is 65.4 Å². The molecule has 26 heavy (non-hydrogen) atoms. The van der Waals surface area contributed by atoms with Gasteiger partial charge in [0, 0.05) is 12.5 Å². The van der Waals surface area contributed by atoms with Crippen molar-refractivity contribution in [3.8, 4) is 5.75 Å². The maximum Gasteiger partial charge on any atom is 0.338 e. The van der Waals surface area contributed by atoms with Crippen LogP contribution in [0.5, 0.6) is 5.75 Å². The number of esters is 1. The highest BCUT2D eigenvalue weighted by Crippen LogP contribution is 2.15. The predicted octanol–water partition coefficient (Wildman–Crippen LogP) is 5.12. The van der Waals surface area contributed by atoms with Gasteiger partial charge in [-0.3, -0.25) is 0 Å². The molecule has 1 aromatic carbocycles. The van der Waals surface area contributed by atoms with Crippen LogP contribution < -0.4 is 4.74 Å². The quantitative estimate of drug-likeness (QED) is 0.411. The van der Waals surface area contributed by atoms with Crippen LogP contribution in [-0.2, 0) is 11.2 Å². The van der Waals surface area contributed by atoms with Gasteiger partial charge in [0.1, 0.15) is 11.5 Å². The molecule has 0 aliphatic rings. The van der Waals surface area contributed by atoms with Gasteiger partial charge in [-0.05, 0) is 57.9 Å². The fourth-order valence-electron chi connectivity index (χ4n) is 2.63. The van der Waals surface area contributed by atoms with E-state index in [1.807, 2.05) is 39.0 Å². The first-order valence-corrected chi connectivity index (χ1v) is 9.40. The number of carbonyl (C=O) groups is 1. The number of carbonyl (C=O) groups excluding carboxylic acids is 1. The molecular formula is C21H29NO4. The van der Waals surface area contributed by atoms with E-state index >= 15 is 0 Å². The molecule has 0 aliphatic carbocycles. The molecule has 0 spiro atoms. The van der Waals surface area contributed by atoms with E-state index in [0.29, 0.717) is 12.2 Å². The molecule has 0 amide bonds. The van der Waals surface area contributed by atoms with Crippen LogP contribution in [0.2, 0.25) is 0 Å².